The minimum absolute atomic E-state index is 0.000950. The SMILES string of the molecule is CCC(C)C(=O)C1=C(O)C(Cc2c(O)c(C/C=C(\C)CCC=C(C)C)c(O)c(C(=O)C(C)C)c2O)=C(O)C(C)(C)C1=O. The van der Waals surface area contributed by atoms with Gasteiger partial charge in [0.15, 0.2) is 17.3 Å². The predicted molar refractivity (Wildman–Crippen MR) is 163 cm³/mol. The van der Waals surface area contributed by atoms with Crippen LogP contribution in [0.4, 0.5) is 0 Å². The van der Waals surface area contributed by atoms with Crippen molar-refractivity contribution in [3.63, 3.8) is 0 Å². The third-order valence-electron chi connectivity index (χ3n) is 7.99. The van der Waals surface area contributed by atoms with Crippen LogP contribution in [0.15, 0.2) is 46.0 Å². The number of carbonyl (C=O) groups excluding carboxylic acids is 3. The van der Waals surface area contributed by atoms with E-state index in [9.17, 15) is 39.9 Å². The Morgan fingerprint density at radius 2 is 1.43 bits per heavy atom. The number of aliphatic hydroxyl groups excluding tert-OH is 2. The lowest BCUT2D eigenvalue weighted by molar-refractivity contribution is -0.128. The predicted octanol–water partition coefficient (Wildman–Crippen LogP) is 7.27. The van der Waals surface area contributed by atoms with Gasteiger partial charge in [-0.05, 0) is 60.3 Å². The summed E-state index contributed by atoms with van der Waals surface area (Å²) in [5.74, 6) is -6.10. The van der Waals surface area contributed by atoms with Gasteiger partial charge >= 0.3 is 0 Å². The summed E-state index contributed by atoms with van der Waals surface area (Å²) in [7, 11) is 0. The van der Waals surface area contributed by atoms with Crippen LogP contribution in [-0.4, -0.2) is 42.9 Å². The van der Waals surface area contributed by atoms with Crippen LogP contribution in [0.25, 0.3) is 0 Å². The maximum Gasteiger partial charge on any atom is 0.183 e. The van der Waals surface area contributed by atoms with Gasteiger partial charge in [-0.15, -0.1) is 0 Å². The van der Waals surface area contributed by atoms with Crippen LogP contribution in [-0.2, 0) is 22.4 Å². The number of Topliss-reactive ketones (excluding diaryl/α,β-unsaturated/α-hetero) is 3. The Morgan fingerprint density at radius 1 is 0.857 bits per heavy atom. The molecule has 2 rings (SSSR count). The van der Waals surface area contributed by atoms with E-state index in [1.54, 1.807) is 27.7 Å². The average Bonchev–Trinajstić information content (AvgIpc) is 2.90. The van der Waals surface area contributed by atoms with Crippen LogP contribution in [0.3, 0.4) is 0 Å². The summed E-state index contributed by atoms with van der Waals surface area (Å²) in [6.45, 7) is 15.4. The number of rotatable bonds is 12. The van der Waals surface area contributed by atoms with Gasteiger partial charge in [0.05, 0.1) is 5.41 Å². The second-order valence-corrected chi connectivity index (χ2v) is 12.3. The highest BCUT2D eigenvalue weighted by molar-refractivity contribution is 6.24. The third-order valence-corrected chi connectivity index (χ3v) is 7.99. The quantitative estimate of drug-likeness (QED) is 0.0980. The Hall–Kier alpha value is -3.81. The largest absolute Gasteiger partial charge is 0.511 e. The van der Waals surface area contributed by atoms with Crippen molar-refractivity contribution >= 4 is 17.3 Å². The van der Waals surface area contributed by atoms with Crippen molar-refractivity contribution in [1.29, 1.82) is 0 Å². The van der Waals surface area contributed by atoms with Crippen molar-refractivity contribution in [3.8, 4) is 17.2 Å². The molecule has 42 heavy (non-hydrogen) atoms. The van der Waals surface area contributed by atoms with Gasteiger partial charge in [0, 0.05) is 35.0 Å². The maximum atomic E-state index is 13.2. The average molecular weight is 583 g/mol. The summed E-state index contributed by atoms with van der Waals surface area (Å²) >= 11 is 0. The molecule has 0 bridgehead atoms. The number of allylic oxidation sites excluding steroid dienone is 7. The monoisotopic (exact) mass is 582 g/mol. The summed E-state index contributed by atoms with van der Waals surface area (Å²) in [4.78, 5) is 39.5. The number of carbonyl (C=O) groups is 3. The molecule has 1 aliphatic rings. The van der Waals surface area contributed by atoms with E-state index in [0.717, 1.165) is 18.4 Å². The van der Waals surface area contributed by atoms with E-state index >= 15 is 0 Å². The Labute approximate surface area is 248 Å². The van der Waals surface area contributed by atoms with Crippen LogP contribution < -0.4 is 0 Å². The molecule has 0 amide bonds. The van der Waals surface area contributed by atoms with Crippen molar-refractivity contribution in [1.82, 2.24) is 0 Å². The molecule has 230 valence electrons. The number of hydrogen-bond acceptors (Lipinski definition) is 8. The molecule has 1 unspecified atom stereocenters. The lowest BCUT2D eigenvalue weighted by atomic mass is 9.72. The minimum Gasteiger partial charge on any atom is -0.511 e. The molecule has 0 heterocycles. The van der Waals surface area contributed by atoms with E-state index in [1.165, 1.54) is 19.4 Å². The first-order chi connectivity index (χ1) is 19.4. The van der Waals surface area contributed by atoms with E-state index in [0.29, 0.717) is 6.42 Å². The molecule has 8 heteroatoms. The second kappa shape index (κ2) is 13.4. The molecule has 5 N–H and O–H groups in total. The van der Waals surface area contributed by atoms with Crippen LogP contribution in [0.2, 0.25) is 0 Å². The Balaban J connectivity index is 2.80. The van der Waals surface area contributed by atoms with E-state index in [4.69, 9.17) is 0 Å². The number of benzene rings is 1. The van der Waals surface area contributed by atoms with Crippen LogP contribution in [0, 0.1) is 17.3 Å². The molecule has 1 aromatic carbocycles. The minimum atomic E-state index is -1.58. The lowest BCUT2D eigenvalue weighted by Gasteiger charge is -2.32. The van der Waals surface area contributed by atoms with Crippen LogP contribution in [0.1, 0.15) is 103 Å². The topological polar surface area (TPSA) is 152 Å². The van der Waals surface area contributed by atoms with E-state index in [2.05, 4.69) is 6.08 Å². The molecule has 0 fully saturated rings. The fourth-order valence-electron chi connectivity index (χ4n) is 4.84. The summed E-state index contributed by atoms with van der Waals surface area (Å²) < 4.78 is 0. The first kappa shape index (κ1) is 34.4. The highest BCUT2D eigenvalue weighted by atomic mass is 16.3. The van der Waals surface area contributed by atoms with Gasteiger partial charge in [-0.1, -0.05) is 51.0 Å². The molecule has 8 nitrogen and oxygen atoms in total. The zero-order valence-electron chi connectivity index (χ0n) is 26.3. The van der Waals surface area contributed by atoms with Crippen LogP contribution in [0.5, 0.6) is 17.2 Å². The number of phenolic OH excluding ortho intramolecular Hbond substituents is 3. The second-order valence-electron chi connectivity index (χ2n) is 12.3. The summed E-state index contributed by atoms with van der Waals surface area (Å²) in [5, 5.41) is 56.0. The molecule has 0 saturated heterocycles. The Kier molecular flexibility index (Phi) is 11.0. The molecule has 1 aromatic rings. The zero-order chi connectivity index (χ0) is 32.3. The highest BCUT2D eigenvalue weighted by Gasteiger charge is 2.46. The summed E-state index contributed by atoms with van der Waals surface area (Å²) in [6.07, 6.45) is 5.41. The third kappa shape index (κ3) is 6.80. The van der Waals surface area contributed by atoms with E-state index in [1.807, 2.05) is 26.8 Å². The van der Waals surface area contributed by atoms with Gasteiger partial charge in [-0.2, -0.15) is 0 Å². The highest BCUT2D eigenvalue weighted by Crippen LogP contribution is 2.47. The molecule has 1 atom stereocenters. The van der Waals surface area contributed by atoms with Crippen molar-refractivity contribution < 1.29 is 39.9 Å². The molecule has 0 aromatic heterocycles. The Morgan fingerprint density at radius 3 is 1.95 bits per heavy atom. The molecule has 0 radical (unpaired) electrons. The first-order valence-corrected chi connectivity index (χ1v) is 14.5. The standard InChI is InChI=1S/C34H46O8/c1-10-20(7)27(36)25-31(40)23(32(41)34(8,9)33(25)42)16-22-28(37)21(15-14-19(6)13-11-12-17(2)3)29(38)24(30(22)39)26(35)18(4)5/h12,14,18,20,37-41H,10-11,13,15-16H2,1-9H3/b19-14+. The van der Waals surface area contributed by atoms with Gasteiger partial charge in [-0.3, -0.25) is 14.4 Å². The van der Waals surface area contributed by atoms with E-state index in [-0.39, 0.29) is 28.7 Å². The fourth-order valence-corrected chi connectivity index (χ4v) is 4.84. The van der Waals surface area contributed by atoms with Gasteiger partial charge < -0.3 is 25.5 Å². The van der Waals surface area contributed by atoms with Gasteiger partial charge in [0.25, 0.3) is 0 Å². The summed E-state index contributed by atoms with van der Waals surface area (Å²) in [5.41, 5.74) is -0.691. The molecule has 0 saturated carbocycles. The van der Waals surface area contributed by atoms with Crippen LogP contribution >= 0.6 is 0 Å². The molecule has 0 spiro atoms. The number of hydrogen-bond donors (Lipinski definition) is 5. The van der Waals surface area contributed by atoms with Gasteiger partial charge in [0.2, 0.25) is 0 Å². The van der Waals surface area contributed by atoms with Crippen molar-refractivity contribution in [3.05, 3.63) is 62.7 Å². The van der Waals surface area contributed by atoms with Crippen molar-refractivity contribution in [2.45, 2.75) is 94.4 Å². The van der Waals surface area contributed by atoms with Gasteiger partial charge in [-0.25, -0.2) is 0 Å². The fraction of sp³-hybridized carbons (Fsp3) is 0.500. The van der Waals surface area contributed by atoms with Gasteiger partial charge in [0.1, 0.15) is 39.9 Å². The van der Waals surface area contributed by atoms with Crippen molar-refractivity contribution in [2.24, 2.45) is 17.3 Å². The number of aliphatic hydroxyl groups is 2. The normalized spacial score (nSPS) is 16.2. The number of ketones is 3. The molecular weight excluding hydrogens is 536 g/mol. The number of aromatic hydroxyl groups is 3. The smallest absolute Gasteiger partial charge is 0.183 e. The van der Waals surface area contributed by atoms with Crippen molar-refractivity contribution in [2.75, 3.05) is 0 Å². The maximum absolute atomic E-state index is 13.2. The van der Waals surface area contributed by atoms with E-state index < -0.39 is 75.4 Å². The molecular formula is C34H46O8. The lowest BCUT2D eigenvalue weighted by Crippen LogP contribution is -2.38. The zero-order valence-corrected chi connectivity index (χ0v) is 26.3. The number of phenols is 3. The molecule has 0 aliphatic heterocycles. The Bertz CT molecular complexity index is 1390. The summed E-state index contributed by atoms with van der Waals surface area (Å²) in [6, 6.07) is 0. The first-order valence-electron chi connectivity index (χ1n) is 14.5. The molecule has 1 aliphatic carbocycles.